The minimum atomic E-state index is -0.467. The Labute approximate surface area is 69.1 Å². The molecule has 0 aromatic rings. The minimum absolute atomic E-state index is 0.228. The molecule has 0 aliphatic carbocycles. The number of rotatable bonds is 1. The topological polar surface area (TPSA) is 23.1 Å². The highest BCUT2D eigenvalue weighted by Crippen LogP contribution is 2.31. The molecule has 0 spiro atoms. The van der Waals surface area contributed by atoms with Crippen molar-refractivity contribution in [3.8, 4) is 0 Å². The monoisotopic (exact) mass is 180 g/mol. The molecule has 1 aliphatic rings. The van der Waals surface area contributed by atoms with E-state index in [1.165, 1.54) is 12.8 Å². The molecule has 1 aliphatic heterocycles. The lowest BCUT2D eigenvalue weighted by atomic mass is 10.2. The van der Waals surface area contributed by atoms with E-state index in [9.17, 15) is 4.55 Å². The zero-order valence-corrected chi connectivity index (χ0v) is 8.38. The van der Waals surface area contributed by atoms with Crippen molar-refractivity contribution in [1.29, 1.82) is 0 Å². The molecule has 0 aromatic carbocycles. The Kier molecular flexibility index (Phi) is 3.40. The smallest absolute Gasteiger partial charge is 0.106 e. The van der Waals surface area contributed by atoms with Crippen molar-refractivity contribution >= 4 is 22.1 Å². The highest BCUT2D eigenvalue weighted by molar-refractivity contribution is 8.16. The van der Waals surface area contributed by atoms with Crippen molar-refractivity contribution in [1.82, 2.24) is 0 Å². The molecule has 1 rings (SSSR count). The zero-order valence-electron chi connectivity index (χ0n) is 6.67. The second-order valence-electron chi connectivity index (χ2n) is 3.04. The summed E-state index contributed by atoms with van der Waals surface area (Å²) in [5.74, 6) is 1.93. The molecule has 1 fully saturated rings. The highest BCUT2D eigenvalue weighted by Gasteiger charge is 2.22. The summed E-state index contributed by atoms with van der Waals surface area (Å²) in [7, 11) is 0.228. The molecule has 10 heavy (non-hydrogen) atoms. The maximum atomic E-state index is 10.9. The summed E-state index contributed by atoms with van der Waals surface area (Å²) in [5, 5.41) is 0.910. The van der Waals surface area contributed by atoms with Crippen molar-refractivity contribution < 1.29 is 4.55 Å². The molecular weight excluding hydrogens is 164 g/mol. The lowest BCUT2D eigenvalue weighted by molar-refractivity contribution is 0.576. The van der Waals surface area contributed by atoms with Gasteiger partial charge in [0.25, 0.3) is 0 Å². The van der Waals surface area contributed by atoms with Crippen LogP contribution in [0.4, 0.5) is 0 Å². The van der Waals surface area contributed by atoms with Crippen LogP contribution in [0.5, 0.6) is 0 Å². The first kappa shape index (κ1) is 8.75. The number of hydrogen-bond acceptors (Lipinski definition) is 1. The summed E-state index contributed by atoms with van der Waals surface area (Å²) in [6.07, 6.45) is 7.08. The van der Waals surface area contributed by atoms with Gasteiger partial charge in [0.1, 0.15) is 11.5 Å². The van der Waals surface area contributed by atoms with Crippen LogP contribution in [-0.4, -0.2) is 33.8 Å². The van der Waals surface area contributed by atoms with Gasteiger partial charge in [-0.3, -0.25) is 10.9 Å². The Morgan fingerprint density at radius 3 is 2.20 bits per heavy atom. The summed E-state index contributed by atoms with van der Waals surface area (Å²) in [6, 6.07) is 0. The lowest BCUT2D eigenvalue weighted by Gasteiger charge is -2.28. The predicted molar refractivity (Wildman–Crippen MR) is 51.7 cm³/mol. The minimum Gasteiger partial charge on any atom is -0.616 e. The van der Waals surface area contributed by atoms with E-state index in [1.807, 2.05) is 0 Å². The van der Waals surface area contributed by atoms with Gasteiger partial charge < -0.3 is 4.55 Å². The van der Waals surface area contributed by atoms with E-state index in [-0.39, 0.29) is 10.9 Å². The van der Waals surface area contributed by atoms with Gasteiger partial charge >= 0.3 is 0 Å². The Hall–Kier alpha value is 0.660. The average Bonchev–Trinajstić information content (AvgIpc) is 1.88. The van der Waals surface area contributed by atoms with Gasteiger partial charge in [-0.1, -0.05) is 11.2 Å². The lowest BCUT2D eigenvalue weighted by Crippen LogP contribution is -2.26. The molecule has 0 atom stereocenters. The standard InChI is InChI=1S/C7H16OS2/c1-9(2)7-3-5-10(8)6-4-7/h7,9H,3-6H2,1-2H3. The molecule has 0 bridgehead atoms. The Bertz CT molecular complexity index is 97.8. The Balaban J connectivity index is 2.26. The molecule has 0 N–H and O–H groups in total. The molecule has 1 saturated heterocycles. The third-order valence-corrected chi connectivity index (χ3v) is 5.45. The van der Waals surface area contributed by atoms with Crippen LogP contribution in [0, 0.1) is 0 Å². The van der Waals surface area contributed by atoms with Crippen molar-refractivity contribution in [2.45, 2.75) is 18.1 Å². The van der Waals surface area contributed by atoms with E-state index in [2.05, 4.69) is 12.5 Å². The van der Waals surface area contributed by atoms with E-state index < -0.39 is 11.2 Å². The maximum Gasteiger partial charge on any atom is 0.106 e. The molecule has 1 heterocycles. The van der Waals surface area contributed by atoms with Crippen molar-refractivity contribution in [3.05, 3.63) is 0 Å². The summed E-state index contributed by atoms with van der Waals surface area (Å²) in [5.41, 5.74) is 0. The van der Waals surface area contributed by atoms with Gasteiger partial charge in [0.05, 0.1) is 0 Å². The molecule has 0 unspecified atom stereocenters. The SMILES string of the molecule is C[SH](C)C1CC[S+]([O-])CC1. The largest absolute Gasteiger partial charge is 0.616 e. The van der Waals surface area contributed by atoms with Gasteiger partial charge in [-0.05, 0) is 17.8 Å². The van der Waals surface area contributed by atoms with Gasteiger partial charge in [0.2, 0.25) is 0 Å². The van der Waals surface area contributed by atoms with Gasteiger partial charge in [-0.15, -0.1) is 0 Å². The van der Waals surface area contributed by atoms with Crippen LogP contribution >= 0.6 is 10.9 Å². The van der Waals surface area contributed by atoms with Crippen LogP contribution < -0.4 is 0 Å². The van der Waals surface area contributed by atoms with Crippen LogP contribution in [-0.2, 0) is 11.2 Å². The normalized spacial score (nSPS) is 35.7. The van der Waals surface area contributed by atoms with Gasteiger partial charge in [0, 0.05) is 12.8 Å². The quantitative estimate of drug-likeness (QED) is 0.475. The zero-order chi connectivity index (χ0) is 7.56. The van der Waals surface area contributed by atoms with Crippen LogP contribution in [0.1, 0.15) is 12.8 Å². The fourth-order valence-corrected chi connectivity index (χ4v) is 4.24. The average molecular weight is 180 g/mol. The molecule has 3 heteroatoms. The van der Waals surface area contributed by atoms with E-state index in [4.69, 9.17) is 0 Å². The molecule has 1 nitrogen and oxygen atoms in total. The summed E-state index contributed by atoms with van der Waals surface area (Å²) in [4.78, 5) is 0. The first-order valence-electron chi connectivity index (χ1n) is 3.71. The third kappa shape index (κ3) is 2.36. The fourth-order valence-electron chi connectivity index (χ4n) is 1.30. The number of thiol groups is 1. The second kappa shape index (κ2) is 3.88. The van der Waals surface area contributed by atoms with Gasteiger partial charge in [0.15, 0.2) is 0 Å². The summed E-state index contributed by atoms with van der Waals surface area (Å²) >= 11 is -0.467. The highest BCUT2D eigenvalue weighted by atomic mass is 32.2. The van der Waals surface area contributed by atoms with Crippen LogP contribution in [0.2, 0.25) is 0 Å². The third-order valence-electron chi connectivity index (χ3n) is 2.09. The molecule has 0 amide bonds. The second-order valence-corrected chi connectivity index (χ2v) is 7.40. The van der Waals surface area contributed by atoms with Crippen molar-refractivity contribution in [2.24, 2.45) is 0 Å². The van der Waals surface area contributed by atoms with E-state index in [0.29, 0.717) is 0 Å². The Morgan fingerprint density at radius 1 is 1.30 bits per heavy atom. The predicted octanol–water partition coefficient (Wildman–Crippen LogP) is 1.16. The molecule has 62 valence electrons. The van der Waals surface area contributed by atoms with Crippen LogP contribution in [0.15, 0.2) is 0 Å². The Morgan fingerprint density at radius 2 is 1.80 bits per heavy atom. The summed E-state index contributed by atoms with van der Waals surface area (Å²) < 4.78 is 10.9. The van der Waals surface area contributed by atoms with Gasteiger partial charge in [-0.25, -0.2) is 0 Å². The van der Waals surface area contributed by atoms with Gasteiger partial charge in [-0.2, -0.15) is 0 Å². The van der Waals surface area contributed by atoms with Crippen molar-refractivity contribution in [2.75, 3.05) is 24.0 Å². The first-order valence-corrected chi connectivity index (χ1v) is 7.51. The fraction of sp³-hybridized carbons (Fsp3) is 1.00. The maximum absolute atomic E-state index is 10.9. The van der Waals surface area contributed by atoms with E-state index >= 15 is 0 Å². The molecular formula is C7H16OS2. The number of hydrogen-bond donors (Lipinski definition) is 1. The van der Waals surface area contributed by atoms with E-state index in [1.54, 1.807) is 0 Å². The molecule has 0 aromatic heterocycles. The van der Waals surface area contributed by atoms with Crippen molar-refractivity contribution in [3.63, 3.8) is 0 Å². The van der Waals surface area contributed by atoms with Crippen LogP contribution in [0.3, 0.4) is 0 Å². The van der Waals surface area contributed by atoms with Crippen LogP contribution in [0.25, 0.3) is 0 Å². The van der Waals surface area contributed by atoms with E-state index in [0.717, 1.165) is 16.8 Å². The molecule has 0 saturated carbocycles. The molecule has 0 radical (unpaired) electrons. The first-order chi connectivity index (χ1) is 4.70. The summed E-state index contributed by atoms with van der Waals surface area (Å²) in [6.45, 7) is 0.